The van der Waals surface area contributed by atoms with Crippen molar-refractivity contribution in [3.63, 3.8) is 0 Å². The number of carbonyl (C=O) groups is 1. The summed E-state index contributed by atoms with van der Waals surface area (Å²) >= 11 is 0. The van der Waals surface area contributed by atoms with Gasteiger partial charge in [-0.1, -0.05) is 36.4 Å². The molecule has 0 unspecified atom stereocenters. The average molecular weight is 389 g/mol. The van der Waals surface area contributed by atoms with Gasteiger partial charge < -0.3 is 0 Å². The molecule has 0 aliphatic heterocycles. The molecule has 4 bridgehead atoms. The highest BCUT2D eigenvalue weighted by Gasteiger charge is 2.52. The summed E-state index contributed by atoms with van der Waals surface area (Å²) in [5.41, 5.74) is 6.49. The number of hydrogen-bond donors (Lipinski definition) is 2. The third-order valence-electron chi connectivity index (χ3n) is 7.05. The van der Waals surface area contributed by atoms with Crippen LogP contribution < -0.4 is 5.43 Å². The van der Waals surface area contributed by atoms with Crippen molar-refractivity contribution in [2.45, 2.75) is 50.9 Å². The molecule has 6 rings (SSSR count). The number of rotatable bonds is 5. The summed E-state index contributed by atoms with van der Waals surface area (Å²) in [5.74, 6) is 2.34. The average Bonchev–Trinajstić information content (AvgIpc) is 3.19. The minimum atomic E-state index is -0.263. The molecule has 5 heteroatoms. The largest absolute Gasteiger partial charge is 0.291 e. The number of allylic oxidation sites excluding steroid dienone is 1. The fourth-order valence-electron chi connectivity index (χ4n) is 6.25. The Bertz CT molecular complexity index is 921. The predicted molar refractivity (Wildman–Crippen MR) is 114 cm³/mol. The molecule has 0 spiro atoms. The van der Waals surface area contributed by atoms with Gasteiger partial charge in [0.2, 0.25) is 0 Å². The molecule has 0 atom stereocenters. The maximum Gasteiger partial charge on any atom is 0.291 e. The van der Waals surface area contributed by atoms with Crippen LogP contribution in [0.3, 0.4) is 0 Å². The number of nitrogens with zero attached hydrogens (tertiary/aromatic N) is 2. The molecule has 4 saturated carbocycles. The number of H-pyrrole nitrogens is 1. The zero-order valence-corrected chi connectivity index (χ0v) is 16.9. The Balaban J connectivity index is 1.24. The maximum atomic E-state index is 12.5. The van der Waals surface area contributed by atoms with E-state index in [4.69, 9.17) is 0 Å². The number of hydrogen-bond acceptors (Lipinski definition) is 3. The van der Waals surface area contributed by atoms with Crippen molar-refractivity contribution in [2.24, 2.45) is 22.9 Å². The van der Waals surface area contributed by atoms with Gasteiger partial charge in [0.25, 0.3) is 5.91 Å². The molecular formula is C24H28N4O. The molecule has 4 aliphatic carbocycles. The maximum absolute atomic E-state index is 12.5. The van der Waals surface area contributed by atoms with Crippen LogP contribution in [-0.2, 0) is 5.41 Å². The highest BCUT2D eigenvalue weighted by atomic mass is 16.2. The van der Waals surface area contributed by atoms with Crippen molar-refractivity contribution < 1.29 is 4.79 Å². The van der Waals surface area contributed by atoms with Crippen LogP contribution in [0.4, 0.5) is 0 Å². The Morgan fingerprint density at radius 2 is 1.79 bits per heavy atom. The second-order valence-corrected chi connectivity index (χ2v) is 9.36. The topological polar surface area (TPSA) is 70.1 Å². The highest BCUT2D eigenvalue weighted by Crippen LogP contribution is 2.60. The summed E-state index contributed by atoms with van der Waals surface area (Å²) in [4.78, 5) is 12.5. The van der Waals surface area contributed by atoms with Crippen LogP contribution in [-0.4, -0.2) is 22.3 Å². The third kappa shape index (κ3) is 3.66. The van der Waals surface area contributed by atoms with E-state index >= 15 is 0 Å². The van der Waals surface area contributed by atoms with Crippen LogP contribution >= 0.6 is 0 Å². The molecule has 1 heterocycles. The van der Waals surface area contributed by atoms with Crippen LogP contribution in [0.1, 0.15) is 67.2 Å². The quantitative estimate of drug-likeness (QED) is 0.576. The lowest BCUT2D eigenvalue weighted by Crippen LogP contribution is -2.48. The zero-order chi connectivity index (χ0) is 19.8. The van der Waals surface area contributed by atoms with E-state index in [9.17, 15) is 4.79 Å². The summed E-state index contributed by atoms with van der Waals surface area (Å²) in [6.45, 7) is 1.96. The van der Waals surface area contributed by atoms with E-state index in [1.165, 1.54) is 38.5 Å². The molecule has 1 amide bonds. The molecule has 1 aromatic heterocycles. The van der Waals surface area contributed by atoms with Gasteiger partial charge in [0, 0.05) is 11.1 Å². The van der Waals surface area contributed by atoms with Gasteiger partial charge in [-0.2, -0.15) is 10.2 Å². The van der Waals surface area contributed by atoms with E-state index in [0.29, 0.717) is 5.69 Å². The van der Waals surface area contributed by atoms with Gasteiger partial charge in [-0.05, 0) is 80.4 Å². The molecule has 4 fully saturated rings. The fraction of sp³-hybridized carbons (Fsp3) is 0.458. The minimum absolute atomic E-state index is 0.221. The normalized spacial score (nSPS) is 30.8. The second kappa shape index (κ2) is 7.29. The number of carbonyl (C=O) groups excluding carboxylic acids is 1. The van der Waals surface area contributed by atoms with E-state index in [-0.39, 0.29) is 11.3 Å². The summed E-state index contributed by atoms with van der Waals surface area (Å²) in [6, 6.07) is 12.0. The summed E-state index contributed by atoms with van der Waals surface area (Å²) in [5, 5.41) is 11.6. The number of amides is 1. The molecule has 0 radical (unpaired) electrons. The first-order valence-electron chi connectivity index (χ1n) is 10.7. The first-order valence-corrected chi connectivity index (χ1v) is 10.7. The standard InChI is InChI=1S/C24H28N4O/c1-16(7-17-5-3-2-4-6-17)15-25-28-23(29)21-11-22(27-26-21)24-12-18-8-19(13-24)10-20(9-18)14-24/h2-7,11,15,18-20H,8-10,12-14H2,1H3,(H,26,27)(H,28,29)/b16-7-,25-15+. The molecule has 4 aliphatic rings. The number of aromatic amines is 1. The van der Waals surface area contributed by atoms with Crippen LogP contribution in [0.2, 0.25) is 0 Å². The van der Waals surface area contributed by atoms with Gasteiger partial charge in [-0.25, -0.2) is 5.43 Å². The fourth-order valence-corrected chi connectivity index (χ4v) is 6.25. The number of nitrogens with one attached hydrogen (secondary N) is 2. The van der Waals surface area contributed by atoms with Crippen molar-refractivity contribution in [3.05, 3.63) is 58.9 Å². The van der Waals surface area contributed by atoms with Crippen molar-refractivity contribution in [1.82, 2.24) is 15.6 Å². The monoisotopic (exact) mass is 388 g/mol. The van der Waals surface area contributed by atoms with Gasteiger partial charge in [0.15, 0.2) is 5.69 Å². The van der Waals surface area contributed by atoms with E-state index in [1.807, 2.05) is 49.4 Å². The molecule has 29 heavy (non-hydrogen) atoms. The summed E-state index contributed by atoms with van der Waals surface area (Å²) in [6.07, 6.45) is 11.7. The Hall–Kier alpha value is -2.69. The highest BCUT2D eigenvalue weighted by molar-refractivity contribution is 5.93. The first kappa shape index (κ1) is 18.3. The molecule has 1 aromatic carbocycles. The van der Waals surface area contributed by atoms with Gasteiger partial charge in [0.1, 0.15) is 0 Å². The Morgan fingerprint density at radius 3 is 2.45 bits per heavy atom. The minimum Gasteiger partial charge on any atom is -0.281 e. The lowest BCUT2D eigenvalue weighted by molar-refractivity contribution is -0.00721. The van der Waals surface area contributed by atoms with Gasteiger partial charge in [-0.3, -0.25) is 9.89 Å². The smallest absolute Gasteiger partial charge is 0.281 e. The van der Waals surface area contributed by atoms with Crippen molar-refractivity contribution in [2.75, 3.05) is 0 Å². The van der Waals surface area contributed by atoms with Gasteiger partial charge >= 0.3 is 0 Å². The van der Waals surface area contributed by atoms with Crippen LogP contribution in [0.25, 0.3) is 6.08 Å². The summed E-state index contributed by atoms with van der Waals surface area (Å²) in [7, 11) is 0. The molecular weight excluding hydrogens is 360 g/mol. The van der Waals surface area contributed by atoms with E-state index in [1.54, 1.807) is 6.21 Å². The first-order chi connectivity index (χ1) is 14.1. The van der Waals surface area contributed by atoms with Crippen LogP contribution in [0.5, 0.6) is 0 Å². The zero-order valence-electron chi connectivity index (χ0n) is 16.9. The molecule has 2 N–H and O–H groups in total. The van der Waals surface area contributed by atoms with E-state index in [0.717, 1.165) is 34.6 Å². The van der Waals surface area contributed by atoms with Crippen molar-refractivity contribution in [1.29, 1.82) is 0 Å². The molecule has 0 saturated heterocycles. The molecule has 2 aromatic rings. The van der Waals surface area contributed by atoms with Crippen molar-refractivity contribution >= 4 is 18.2 Å². The SMILES string of the molecule is CC(=C/c1ccccc1)/C=N/NC(=O)c1cc(C23CC4CC(CC(C4)C2)C3)[nH]n1. The second-order valence-electron chi connectivity index (χ2n) is 9.36. The lowest BCUT2D eigenvalue weighted by Gasteiger charge is -2.56. The Kier molecular flexibility index (Phi) is 4.61. The molecule has 5 nitrogen and oxygen atoms in total. The Labute approximate surface area is 171 Å². The van der Waals surface area contributed by atoms with E-state index in [2.05, 4.69) is 20.7 Å². The predicted octanol–water partition coefficient (Wildman–Crippen LogP) is 4.70. The third-order valence-corrected chi connectivity index (χ3v) is 7.05. The number of hydrazone groups is 1. The lowest BCUT2D eigenvalue weighted by atomic mass is 9.49. The summed E-state index contributed by atoms with van der Waals surface area (Å²) < 4.78 is 0. The van der Waals surface area contributed by atoms with Gasteiger partial charge in [-0.15, -0.1) is 0 Å². The number of benzene rings is 1. The van der Waals surface area contributed by atoms with Crippen LogP contribution in [0.15, 0.2) is 47.1 Å². The van der Waals surface area contributed by atoms with E-state index < -0.39 is 0 Å². The van der Waals surface area contributed by atoms with Gasteiger partial charge in [0.05, 0.1) is 6.21 Å². The molecule has 150 valence electrons. The van der Waals surface area contributed by atoms with Crippen LogP contribution in [0, 0.1) is 17.8 Å². The number of aromatic nitrogens is 2. The Morgan fingerprint density at radius 1 is 1.14 bits per heavy atom. The van der Waals surface area contributed by atoms with Crippen molar-refractivity contribution in [3.8, 4) is 0 Å².